The Morgan fingerprint density at radius 1 is 0.971 bits per heavy atom. The second kappa shape index (κ2) is 10.5. The Bertz CT molecular complexity index is 1340. The molecule has 0 bridgehead atoms. The third kappa shape index (κ3) is 5.79. The summed E-state index contributed by atoms with van der Waals surface area (Å²) < 4.78 is 46.6. The van der Waals surface area contributed by atoms with Crippen LogP contribution in [0.2, 0.25) is 0 Å². The van der Waals surface area contributed by atoms with Gasteiger partial charge in [-0.15, -0.1) is 0 Å². The molecule has 0 saturated carbocycles. The van der Waals surface area contributed by atoms with Crippen LogP contribution in [-0.4, -0.2) is 26.9 Å². The van der Waals surface area contributed by atoms with E-state index in [-0.39, 0.29) is 16.1 Å². The quantitative estimate of drug-likeness (QED) is 0.455. The van der Waals surface area contributed by atoms with Gasteiger partial charge < -0.3 is 10.1 Å². The average molecular weight is 485 g/mol. The molecular weight excluding hydrogens is 459 g/mol. The second-order valence-corrected chi connectivity index (χ2v) is 9.33. The van der Waals surface area contributed by atoms with Crippen LogP contribution in [0.3, 0.4) is 0 Å². The molecule has 0 atom stereocenters. The van der Waals surface area contributed by atoms with Crippen molar-refractivity contribution in [2.75, 3.05) is 16.6 Å². The maximum atomic E-state index is 13.9. The second-order valence-electron chi connectivity index (χ2n) is 7.65. The lowest BCUT2D eigenvalue weighted by Gasteiger charge is -2.14. The summed E-state index contributed by atoms with van der Waals surface area (Å²) in [5.74, 6) is -2.10. The molecule has 34 heavy (non-hydrogen) atoms. The summed E-state index contributed by atoms with van der Waals surface area (Å²) in [5, 5.41) is 2.76. The topological polar surface area (TPSA) is 102 Å². The summed E-state index contributed by atoms with van der Waals surface area (Å²) >= 11 is 0. The van der Waals surface area contributed by atoms with Crippen molar-refractivity contribution in [2.45, 2.75) is 32.1 Å². The molecule has 0 unspecified atom stereocenters. The molecule has 0 saturated heterocycles. The minimum Gasteiger partial charge on any atom is -0.452 e. The number of aryl methyl sites for hydroxylation is 3. The molecule has 0 radical (unpaired) electrons. The Kier molecular flexibility index (Phi) is 7.68. The van der Waals surface area contributed by atoms with Gasteiger partial charge in [0.1, 0.15) is 5.82 Å². The van der Waals surface area contributed by atoms with Crippen LogP contribution in [0.1, 0.15) is 34.0 Å². The Morgan fingerprint density at radius 2 is 1.71 bits per heavy atom. The summed E-state index contributed by atoms with van der Waals surface area (Å²) in [5.41, 5.74) is 2.74. The average Bonchev–Trinajstić information content (AvgIpc) is 2.80. The number of benzene rings is 3. The first-order chi connectivity index (χ1) is 16.1. The van der Waals surface area contributed by atoms with Gasteiger partial charge in [0.2, 0.25) is 0 Å². The molecule has 9 heteroatoms. The van der Waals surface area contributed by atoms with Gasteiger partial charge in [0.25, 0.3) is 15.9 Å². The Morgan fingerprint density at radius 3 is 2.41 bits per heavy atom. The Labute approximate surface area is 198 Å². The number of carbonyl (C=O) groups is 2. The van der Waals surface area contributed by atoms with E-state index < -0.39 is 34.3 Å². The molecule has 3 aromatic carbocycles. The molecule has 2 N–H and O–H groups in total. The minimum absolute atomic E-state index is 0.0191. The van der Waals surface area contributed by atoms with Gasteiger partial charge in [0, 0.05) is 5.69 Å². The molecule has 1 amide bonds. The van der Waals surface area contributed by atoms with E-state index in [9.17, 15) is 22.4 Å². The van der Waals surface area contributed by atoms with Crippen molar-refractivity contribution >= 4 is 33.3 Å². The van der Waals surface area contributed by atoms with Crippen LogP contribution >= 0.6 is 0 Å². The molecule has 0 heterocycles. The highest BCUT2D eigenvalue weighted by atomic mass is 32.2. The van der Waals surface area contributed by atoms with Crippen LogP contribution < -0.4 is 10.0 Å². The van der Waals surface area contributed by atoms with E-state index in [1.54, 1.807) is 6.92 Å². The molecule has 0 spiro atoms. The van der Waals surface area contributed by atoms with Crippen LogP contribution in [-0.2, 0) is 26.0 Å². The molecule has 0 aliphatic carbocycles. The number of para-hydroxylation sites is 2. The summed E-state index contributed by atoms with van der Waals surface area (Å²) in [6.45, 7) is 4.90. The van der Waals surface area contributed by atoms with Gasteiger partial charge >= 0.3 is 5.97 Å². The standard InChI is InChI=1S/C25H25FN2O5S/c1-4-18-9-7-8-17(3)24(18)27-23(29)15-33-25(30)20-14-19(13-12-16(20)2)34(31,32)28-22-11-6-5-10-21(22)26/h5-14,28H,4,15H2,1-3H3,(H,27,29). The number of ether oxygens (including phenoxy) is 1. The fourth-order valence-corrected chi connectivity index (χ4v) is 4.42. The number of carbonyl (C=O) groups excluding carboxylic acids is 2. The van der Waals surface area contributed by atoms with E-state index in [0.29, 0.717) is 11.3 Å². The first-order valence-electron chi connectivity index (χ1n) is 10.6. The highest BCUT2D eigenvalue weighted by molar-refractivity contribution is 7.92. The van der Waals surface area contributed by atoms with Crippen molar-refractivity contribution in [1.29, 1.82) is 0 Å². The van der Waals surface area contributed by atoms with Crippen molar-refractivity contribution < 1.29 is 27.1 Å². The van der Waals surface area contributed by atoms with Gasteiger partial charge in [0.15, 0.2) is 6.61 Å². The fraction of sp³-hybridized carbons (Fsp3) is 0.200. The molecule has 7 nitrogen and oxygen atoms in total. The molecule has 0 aliphatic rings. The van der Waals surface area contributed by atoms with E-state index in [0.717, 1.165) is 29.7 Å². The summed E-state index contributed by atoms with van der Waals surface area (Å²) in [6.07, 6.45) is 0.721. The molecule has 0 aromatic heterocycles. The third-order valence-corrected chi connectivity index (χ3v) is 6.56. The van der Waals surface area contributed by atoms with E-state index in [4.69, 9.17) is 4.74 Å². The number of halogens is 1. The van der Waals surface area contributed by atoms with Crippen molar-refractivity contribution in [1.82, 2.24) is 0 Å². The predicted octanol–water partition coefficient (Wildman–Crippen LogP) is 4.60. The number of anilines is 2. The van der Waals surface area contributed by atoms with Crippen molar-refractivity contribution in [3.63, 3.8) is 0 Å². The van der Waals surface area contributed by atoms with E-state index in [2.05, 4.69) is 10.0 Å². The summed E-state index contributed by atoms with van der Waals surface area (Å²) in [4.78, 5) is 24.8. The van der Waals surface area contributed by atoms with Gasteiger partial charge in [-0.25, -0.2) is 17.6 Å². The van der Waals surface area contributed by atoms with Crippen LogP contribution in [0.25, 0.3) is 0 Å². The largest absolute Gasteiger partial charge is 0.452 e. The maximum absolute atomic E-state index is 13.9. The number of amides is 1. The maximum Gasteiger partial charge on any atom is 0.338 e. The zero-order valence-electron chi connectivity index (χ0n) is 19.0. The normalized spacial score (nSPS) is 11.1. The van der Waals surface area contributed by atoms with Crippen molar-refractivity contribution in [2.24, 2.45) is 0 Å². The first kappa shape index (κ1) is 24.9. The fourth-order valence-electron chi connectivity index (χ4n) is 3.32. The number of rotatable bonds is 8. The van der Waals surface area contributed by atoms with Crippen molar-refractivity contribution in [3.8, 4) is 0 Å². The van der Waals surface area contributed by atoms with E-state index in [1.165, 1.54) is 30.3 Å². The van der Waals surface area contributed by atoms with Crippen LogP contribution in [0.15, 0.2) is 65.6 Å². The summed E-state index contributed by atoms with van der Waals surface area (Å²) in [7, 11) is -4.17. The highest BCUT2D eigenvalue weighted by Gasteiger charge is 2.21. The van der Waals surface area contributed by atoms with Crippen LogP contribution in [0.4, 0.5) is 15.8 Å². The number of hydrogen-bond donors (Lipinski definition) is 2. The lowest BCUT2D eigenvalue weighted by molar-refractivity contribution is -0.119. The van der Waals surface area contributed by atoms with Crippen LogP contribution in [0.5, 0.6) is 0 Å². The zero-order chi connectivity index (χ0) is 24.9. The van der Waals surface area contributed by atoms with Gasteiger partial charge in [-0.2, -0.15) is 0 Å². The predicted molar refractivity (Wildman–Crippen MR) is 128 cm³/mol. The third-order valence-electron chi connectivity index (χ3n) is 5.20. The van der Waals surface area contributed by atoms with Gasteiger partial charge in [0.05, 0.1) is 16.1 Å². The van der Waals surface area contributed by atoms with Crippen molar-refractivity contribution in [3.05, 3.63) is 88.7 Å². The molecule has 3 aromatic rings. The molecule has 178 valence electrons. The van der Waals surface area contributed by atoms with Crippen LogP contribution in [0, 0.1) is 19.7 Å². The molecule has 0 fully saturated rings. The van der Waals surface area contributed by atoms with Gasteiger partial charge in [-0.05, 0) is 61.2 Å². The number of sulfonamides is 1. The molecule has 3 rings (SSSR count). The Balaban J connectivity index is 1.73. The smallest absolute Gasteiger partial charge is 0.338 e. The monoisotopic (exact) mass is 484 g/mol. The molecule has 0 aliphatic heterocycles. The number of hydrogen-bond acceptors (Lipinski definition) is 5. The lowest BCUT2D eigenvalue weighted by Crippen LogP contribution is -2.22. The van der Waals surface area contributed by atoms with E-state index in [1.807, 2.05) is 32.0 Å². The summed E-state index contributed by atoms with van der Waals surface area (Å²) in [6, 6.07) is 14.9. The number of esters is 1. The first-order valence-corrected chi connectivity index (χ1v) is 12.0. The van der Waals surface area contributed by atoms with Gasteiger partial charge in [-0.1, -0.05) is 43.3 Å². The Hall–Kier alpha value is -3.72. The zero-order valence-corrected chi connectivity index (χ0v) is 19.8. The minimum atomic E-state index is -4.17. The number of nitrogens with one attached hydrogen (secondary N) is 2. The van der Waals surface area contributed by atoms with E-state index >= 15 is 0 Å². The highest BCUT2D eigenvalue weighted by Crippen LogP contribution is 2.23. The SMILES string of the molecule is CCc1cccc(C)c1NC(=O)COC(=O)c1cc(S(=O)(=O)Nc2ccccc2F)ccc1C. The van der Waals surface area contributed by atoms with Gasteiger partial charge in [-0.3, -0.25) is 9.52 Å². The molecular formula is C25H25FN2O5S. The lowest BCUT2D eigenvalue weighted by atomic mass is 10.1.